The van der Waals surface area contributed by atoms with Crippen molar-refractivity contribution in [3.63, 3.8) is 0 Å². The summed E-state index contributed by atoms with van der Waals surface area (Å²) in [6.45, 7) is 1.99. The molecule has 0 aliphatic rings. The first-order valence-corrected chi connectivity index (χ1v) is 7.85. The Labute approximate surface area is 146 Å². The summed E-state index contributed by atoms with van der Waals surface area (Å²) in [6.07, 6.45) is 0. The van der Waals surface area contributed by atoms with Crippen LogP contribution >= 0.6 is 11.6 Å². The van der Waals surface area contributed by atoms with Gasteiger partial charge < -0.3 is 15.4 Å². The van der Waals surface area contributed by atoms with Crippen LogP contribution < -0.4 is 15.4 Å². The lowest BCUT2D eigenvalue weighted by atomic mass is 10.2. The fraction of sp³-hybridized carbons (Fsp3) is 0.222. The number of carbonyl (C=O) groups excluding carboxylic acids is 2. The third-order valence-electron chi connectivity index (χ3n) is 3.49. The van der Waals surface area contributed by atoms with Crippen LogP contribution in [0, 0.1) is 0 Å². The third-order valence-corrected chi connectivity index (χ3v) is 3.81. The predicted molar refractivity (Wildman–Crippen MR) is 93.2 cm³/mol. The van der Waals surface area contributed by atoms with Crippen LogP contribution in [-0.2, 0) is 11.3 Å². The molecule has 0 saturated carbocycles. The van der Waals surface area contributed by atoms with E-state index in [4.69, 9.17) is 16.3 Å². The van der Waals surface area contributed by atoms with Gasteiger partial charge in [0, 0.05) is 6.54 Å². The van der Waals surface area contributed by atoms with E-state index in [1.807, 2.05) is 24.3 Å². The second-order valence-electron chi connectivity index (χ2n) is 5.24. The molecular weight excluding hydrogens is 328 g/mol. The lowest BCUT2D eigenvalue weighted by molar-refractivity contribution is -0.122. The smallest absolute Gasteiger partial charge is 0.253 e. The van der Waals surface area contributed by atoms with Crippen LogP contribution in [0.5, 0.6) is 5.75 Å². The van der Waals surface area contributed by atoms with Crippen LogP contribution in [0.4, 0.5) is 0 Å². The predicted octanol–water partition coefficient (Wildman–Crippen LogP) is 2.78. The molecule has 2 N–H and O–H groups in total. The van der Waals surface area contributed by atoms with Crippen molar-refractivity contribution in [3.8, 4) is 5.75 Å². The molecule has 1 atom stereocenters. The molecule has 2 rings (SSSR count). The van der Waals surface area contributed by atoms with Gasteiger partial charge in [-0.25, -0.2) is 0 Å². The van der Waals surface area contributed by atoms with E-state index in [1.54, 1.807) is 38.3 Å². The van der Waals surface area contributed by atoms with Crippen LogP contribution in [0.25, 0.3) is 0 Å². The molecule has 0 aromatic heterocycles. The van der Waals surface area contributed by atoms with E-state index >= 15 is 0 Å². The number of rotatable bonds is 6. The van der Waals surface area contributed by atoms with E-state index in [0.717, 1.165) is 11.3 Å². The summed E-state index contributed by atoms with van der Waals surface area (Å²) in [6, 6.07) is 13.4. The molecule has 126 valence electrons. The zero-order valence-corrected chi connectivity index (χ0v) is 14.3. The molecule has 2 aromatic rings. The van der Waals surface area contributed by atoms with Gasteiger partial charge in [-0.05, 0) is 36.8 Å². The summed E-state index contributed by atoms with van der Waals surface area (Å²) in [5, 5.41) is 5.76. The minimum atomic E-state index is -0.674. The van der Waals surface area contributed by atoms with E-state index in [2.05, 4.69) is 10.6 Å². The zero-order chi connectivity index (χ0) is 17.5. The average molecular weight is 347 g/mol. The van der Waals surface area contributed by atoms with Gasteiger partial charge in [-0.15, -0.1) is 0 Å². The van der Waals surface area contributed by atoms with Gasteiger partial charge in [0.15, 0.2) is 0 Å². The molecule has 2 amide bonds. The largest absolute Gasteiger partial charge is 0.497 e. The van der Waals surface area contributed by atoms with Crippen molar-refractivity contribution in [2.45, 2.75) is 19.5 Å². The van der Waals surface area contributed by atoms with Gasteiger partial charge in [0.25, 0.3) is 5.91 Å². The molecule has 0 aliphatic heterocycles. The van der Waals surface area contributed by atoms with E-state index in [0.29, 0.717) is 17.1 Å². The monoisotopic (exact) mass is 346 g/mol. The van der Waals surface area contributed by atoms with Crippen molar-refractivity contribution >= 4 is 23.4 Å². The van der Waals surface area contributed by atoms with Crippen molar-refractivity contribution in [2.24, 2.45) is 0 Å². The lowest BCUT2D eigenvalue weighted by Gasteiger charge is -2.15. The molecule has 0 radical (unpaired) electrons. The topological polar surface area (TPSA) is 67.4 Å². The SMILES string of the molecule is COc1ccc(CNC(=O)[C@@H](C)NC(=O)c2ccccc2Cl)cc1. The Morgan fingerprint density at radius 1 is 1.12 bits per heavy atom. The van der Waals surface area contributed by atoms with Gasteiger partial charge in [0.05, 0.1) is 17.7 Å². The molecule has 0 unspecified atom stereocenters. The Bertz CT molecular complexity index is 716. The van der Waals surface area contributed by atoms with Gasteiger partial charge in [0.1, 0.15) is 11.8 Å². The Hall–Kier alpha value is -2.53. The fourth-order valence-electron chi connectivity index (χ4n) is 2.07. The highest BCUT2D eigenvalue weighted by Gasteiger charge is 2.17. The van der Waals surface area contributed by atoms with Gasteiger partial charge in [0.2, 0.25) is 5.91 Å². The fourth-order valence-corrected chi connectivity index (χ4v) is 2.29. The number of halogens is 1. The molecular formula is C18H19ClN2O3. The van der Waals surface area contributed by atoms with Gasteiger partial charge in [-0.1, -0.05) is 35.9 Å². The molecule has 0 fully saturated rings. The van der Waals surface area contributed by atoms with Crippen molar-refractivity contribution in [1.82, 2.24) is 10.6 Å². The van der Waals surface area contributed by atoms with E-state index in [1.165, 1.54) is 0 Å². The summed E-state index contributed by atoms with van der Waals surface area (Å²) in [5.74, 6) is 0.101. The summed E-state index contributed by atoms with van der Waals surface area (Å²) < 4.78 is 5.08. The van der Waals surface area contributed by atoms with Gasteiger partial charge in [-0.2, -0.15) is 0 Å². The minimum Gasteiger partial charge on any atom is -0.497 e. The maximum atomic E-state index is 12.1. The lowest BCUT2D eigenvalue weighted by Crippen LogP contribution is -2.44. The zero-order valence-electron chi connectivity index (χ0n) is 13.5. The molecule has 0 heterocycles. The second-order valence-corrected chi connectivity index (χ2v) is 5.65. The standard InChI is InChI=1S/C18H19ClN2O3/c1-12(21-18(23)15-5-3-4-6-16(15)19)17(22)20-11-13-7-9-14(24-2)10-8-13/h3-10,12H,11H2,1-2H3,(H,20,22)(H,21,23)/t12-/m1/s1. The summed E-state index contributed by atoms with van der Waals surface area (Å²) >= 11 is 5.98. The summed E-state index contributed by atoms with van der Waals surface area (Å²) in [5.41, 5.74) is 1.28. The number of nitrogens with one attached hydrogen (secondary N) is 2. The van der Waals surface area contributed by atoms with Crippen molar-refractivity contribution < 1.29 is 14.3 Å². The van der Waals surface area contributed by atoms with Crippen LogP contribution in [-0.4, -0.2) is 25.0 Å². The van der Waals surface area contributed by atoms with Gasteiger partial charge >= 0.3 is 0 Å². The first kappa shape index (κ1) is 17.8. The number of hydrogen-bond acceptors (Lipinski definition) is 3. The highest BCUT2D eigenvalue weighted by molar-refractivity contribution is 6.33. The summed E-state index contributed by atoms with van der Waals surface area (Å²) in [4.78, 5) is 24.2. The minimum absolute atomic E-state index is 0.272. The van der Waals surface area contributed by atoms with Gasteiger partial charge in [-0.3, -0.25) is 9.59 Å². The number of benzene rings is 2. The Balaban J connectivity index is 1.87. The first-order chi connectivity index (χ1) is 11.5. The van der Waals surface area contributed by atoms with Crippen molar-refractivity contribution in [2.75, 3.05) is 7.11 Å². The number of hydrogen-bond donors (Lipinski definition) is 2. The maximum Gasteiger partial charge on any atom is 0.253 e. The summed E-state index contributed by atoms with van der Waals surface area (Å²) in [7, 11) is 1.60. The third kappa shape index (κ3) is 4.73. The van der Waals surface area contributed by atoms with Crippen LogP contribution in [0.1, 0.15) is 22.8 Å². The number of carbonyl (C=O) groups is 2. The maximum absolute atomic E-state index is 12.1. The molecule has 0 bridgehead atoms. The van der Waals surface area contributed by atoms with E-state index in [-0.39, 0.29) is 11.8 Å². The van der Waals surface area contributed by atoms with Crippen LogP contribution in [0.2, 0.25) is 5.02 Å². The highest BCUT2D eigenvalue weighted by atomic mass is 35.5. The first-order valence-electron chi connectivity index (χ1n) is 7.47. The molecule has 6 heteroatoms. The molecule has 0 spiro atoms. The van der Waals surface area contributed by atoms with Crippen LogP contribution in [0.3, 0.4) is 0 Å². The molecule has 2 aromatic carbocycles. The quantitative estimate of drug-likeness (QED) is 0.845. The number of ether oxygens (including phenoxy) is 1. The van der Waals surface area contributed by atoms with Crippen molar-refractivity contribution in [3.05, 3.63) is 64.7 Å². The molecule has 0 saturated heterocycles. The Kier molecular flexibility index (Phi) is 6.21. The van der Waals surface area contributed by atoms with E-state index in [9.17, 15) is 9.59 Å². The average Bonchev–Trinajstić information content (AvgIpc) is 2.60. The van der Waals surface area contributed by atoms with E-state index < -0.39 is 6.04 Å². The number of amides is 2. The molecule has 24 heavy (non-hydrogen) atoms. The Morgan fingerprint density at radius 3 is 2.42 bits per heavy atom. The van der Waals surface area contributed by atoms with Crippen molar-refractivity contribution in [1.29, 1.82) is 0 Å². The normalized spacial score (nSPS) is 11.5. The molecule has 0 aliphatic carbocycles. The Morgan fingerprint density at radius 2 is 1.79 bits per heavy atom. The highest BCUT2D eigenvalue weighted by Crippen LogP contribution is 2.14. The van der Waals surface area contributed by atoms with Crippen LogP contribution in [0.15, 0.2) is 48.5 Å². The molecule has 5 nitrogen and oxygen atoms in total. The second kappa shape index (κ2) is 8.36. The number of methoxy groups -OCH3 is 1.